The number of hydrogen-bond donors (Lipinski definition) is 3. The van der Waals surface area contributed by atoms with E-state index in [0.717, 1.165) is 11.1 Å². The second-order valence-electron chi connectivity index (χ2n) is 2.86. The second-order valence-corrected chi connectivity index (χ2v) is 2.86. The number of phenolic OH excluding ortho intramolecular Hbond substituents is 2. The van der Waals surface area contributed by atoms with Gasteiger partial charge in [-0.1, -0.05) is 0 Å². The molecule has 0 unspecified atom stereocenters. The van der Waals surface area contributed by atoms with E-state index in [1.165, 1.54) is 6.07 Å². The van der Waals surface area contributed by atoms with Gasteiger partial charge in [0.05, 0.1) is 0 Å². The van der Waals surface area contributed by atoms with E-state index in [1.807, 2.05) is 6.92 Å². The smallest absolute Gasteiger partial charge is 0.160 e. The van der Waals surface area contributed by atoms with Gasteiger partial charge in [-0.05, 0) is 36.6 Å². The summed E-state index contributed by atoms with van der Waals surface area (Å²) in [6, 6.07) is 1.50. The van der Waals surface area contributed by atoms with Crippen LogP contribution in [0.2, 0.25) is 0 Å². The van der Waals surface area contributed by atoms with Crippen molar-refractivity contribution >= 4 is 0 Å². The fourth-order valence-electron chi connectivity index (χ4n) is 1.16. The minimum atomic E-state index is -0.0986. The van der Waals surface area contributed by atoms with Gasteiger partial charge >= 0.3 is 0 Å². The number of hydrogen-bond acceptors (Lipinski definition) is 3. The van der Waals surface area contributed by atoms with Gasteiger partial charge in [0, 0.05) is 6.54 Å². The predicted octanol–water partition coefficient (Wildman–Crippen LogP) is 1.17. The summed E-state index contributed by atoms with van der Waals surface area (Å²) in [4.78, 5) is 0. The van der Waals surface area contributed by atoms with Gasteiger partial charge < -0.3 is 15.9 Å². The van der Waals surface area contributed by atoms with Crippen LogP contribution < -0.4 is 5.73 Å². The molecular weight excluding hydrogens is 154 g/mol. The number of nitrogens with two attached hydrogens (primary N) is 1. The molecule has 1 aromatic rings. The zero-order valence-corrected chi connectivity index (χ0v) is 7.26. The fraction of sp³-hybridized carbons (Fsp3) is 0.333. The molecule has 0 radical (unpaired) electrons. The van der Waals surface area contributed by atoms with Crippen molar-refractivity contribution < 1.29 is 10.2 Å². The first kappa shape index (κ1) is 8.87. The standard InChI is InChI=1S/C9H13NO2/c1-5-6(2)9(12)8(11)3-7(5)4-10/h3,11-12H,4,10H2,1-2H3. The normalized spacial score (nSPS) is 10.2. The molecule has 0 aliphatic rings. The molecule has 0 saturated heterocycles. The monoisotopic (exact) mass is 167 g/mol. The van der Waals surface area contributed by atoms with Gasteiger partial charge in [-0.2, -0.15) is 0 Å². The topological polar surface area (TPSA) is 66.5 Å². The molecule has 0 bridgehead atoms. The molecule has 1 aromatic carbocycles. The summed E-state index contributed by atoms with van der Waals surface area (Å²) in [6.07, 6.45) is 0. The average Bonchev–Trinajstić information content (AvgIpc) is 2.08. The molecule has 3 heteroatoms. The molecule has 0 aromatic heterocycles. The van der Waals surface area contributed by atoms with Crippen molar-refractivity contribution in [2.45, 2.75) is 20.4 Å². The Balaban J connectivity index is 3.39. The van der Waals surface area contributed by atoms with E-state index in [0.29, 0.717) is 12.1 Å². The van der Waals surface area contributed by atoms with Crippen molar-refractivity contribution in [2.75, 3.05) is 0 Å². The zero-order valence-electron chi connectivity index (χ0n) is 7.26. The molecule has 12 heavy (non-hydrogen) atoms. The van der Waals surface area contributed by atoms with Crippen LogP contribution in [0.1, 0.15) is 16.7 Å². The molecule has 3 nitrogen and oxygen atoms in total. The van der Waals surface area contributed by atoms with Gasteiger partial charge in [0.2, 0.25) is 0 Å². The van der Waals surface area contributed by atoms with E-state index in [-0.39, 0.29) is 11.5 Å². The fourth-order valence-corrected chi connectivity index (χ4v) is 1.16. The van der Waals surface area contributed by atoms with Crippen LogP contribution >= 0.6 is 0 Å². The molecule has 0 amide bonds. The van der Waals surface area contributed by atoms with Crippen molar-refractivity contribution in [1.29, 1.82) is 0 Å². The lowest BCUT2D eigenvalue weighted by Crippen LogP contribution is -2.00. The highest BCUT2D eigenvalue weighted by Gasteiger charge is 2.09. The van der Waals surface area contributed by atoms with E-state index in [9.17, 15) is 10.2 Å². The summed E-state index contributed by atoms with van der Waals surface area (Å²) < 4.78 is 0. The lowest BCUT2D eigenvalue weighted by molar-refractivity contribution is 0.400. The minimum absolute atomic E-state index is 0.0512. The van der Waals surface area contributed by atoms with Crippen molar-refractivity contribution in [3.63, 3.8) is 0 Å². The van der Waals surface area contributed by atoms with Crippen LogP contribution in [0.3, 0.4) is 0 Å². The lowest BCUT2D eigenvalue weighted by atomic mass is 10.0. The number of aromatic hydroxyl groups is 2. The van der Waals surface area contributed by atoms with Crippen LogP contribution in [0.25, 0.3) is 0 Å². The third kappa shape index (κ3) is 1.23. The van der Waals surface area contributed by atoms with Crippen LogP contribution in [0.4, 0.5) is 0 Å². The average molecular weight is 167 g/mol. The second kappa shape index (κ2) is 3.03. The van der Waals surface area contributed by atoms with Crippen molar-refractivity contribution in [2.24, 2.45) is 5.73 Å². The third-order valence-electron chi connectivity index (χ3n) is 2.17. The van der Waals surface area contributed by atoms with E-state index in [4.69, 9.17) is 5.73 Å². The molecule has 0 atom stereocenters. The van der Waals surface area contributed by atoms with Gasteiger partial charge in [0.1, 0.15) is 0 Å². The Morgan fingerprint density at radius 2 is 1.83 bits per heavy atom. The minimum Gasteiger partial charge on any atom is -0.504 e. The summed E-state index contributed by atoms with van der Waals surface area (Å²) in [6.45, 7) is 4.00. The molecule has 0 saturated carbocycles. The van der Waals surface area contributed by atoms with Gasteiger partial charge in [-0.3, -0.25) is 0 Å². The maximum Gasteiger partial charge on any atom is 0.160 e. The van der Waals surface area contributed by atoms with E-state index in [2.05, 4.69) is 0 Å². The molecule has 0 aliphatic carbocycles. The highest BCUT2D eigenvalue weighted by molar-refractivity contribution is 5.51. The van der Waals surface area contributed by atoms with Gasteiger partial charge in [0.25, 0.3) is 0 Å². The first-order valence-electron chi connectivity index (χ1n) is 3.79. The maximum atomic E-state index is 9.32. The molecule has 0 fully saturated rings. The Bertz CT molecular complexity index is 308. The van der Waals surface area contributed by atoms with Crippen molar-refractivity contribution in [3.8, 4) is 11.5 Å². The summed E-state index contributed by atoms with van der Waals surface area (Å²) in [5.74, 6) is -0.150. The van der Waals surface area contributed by atoms with Gasteiger partial charge in [0.15, 0.2) is 11.5 Å². The van der Waals surface area contributed by atoms with Crippen LogP contribution in [-0.2, 0) is 6.54 Å². The van der Waals surface area contributed by atoms with Gasteiger partial charge in [-0.15, -0.1) is 0 Å². The van der Waals surface area contributed by atoms with Crippen LogP contribution in [0.5, 0.6) is 11.5 Å². The van der Waals surface area contributed by atoms with Crippen molar-refractivity contribution in [3.05, 3.63) is 22.8 Å². The first-order valence-corrected chi connectivity index (χ1v) is 3.79. The molecule has 0 heterocycles. The van der Waals surface area contributed by atoms with Gasteiger partial charge in [-0.25, -0.2) is 0 Å². The third-order valence-corrected chi connectivity index (χ3v) is 2.17. The van der Waals surface area contributed by atoms with Crippen molar-refractivity contribution in [1.82, 2.24) is 0 Å². The lowest BCUT2D eigenvalue weighted by Gasteiger charge is -2.09. The van der Waals surface area contributed by atoms with E-state index < -0.39 is 0 Å². The number of phenols is 2. The van der Waals surface area contributed by atoms with Crippen LogP contribution in [-0.4, -0.2) is 10.2 Å². The van der Waals surface area contributed by atoms with E-state index in [1.54, 1.807) is 6.92 Å². The Labute approximate surface area is 71.5 Å². The maximum absolute atomic E-state index is 9.32. The SMILES string of the molecule is Cc1c(CN)cc(O)c(O)c1C. The summed E-state index contributed by atoms with van der Waals surface area (Å²) in [5, 5.41) is 18.5. The molecule has 0 aliphatic heterocycles. The largest absolute Gasteiger partial charge is 0.504 e. The first-order chi connectivity index (χ1) is 5.57. The highest BCUT2D eigenvalue weighted by Crippen LogP contribution is 2.32. The summed E-state index contributed by atoms with van der Waals surface area (Å²) in [7, 11) is 0. The van der Waals surface area contributed by atoms with E-state index >= 15 is 0 Å². The molecule has 4 N–H and O–H groups in total. The Morgan fingerprint density at radius 3 is 2.33 bits per heavy atom. The summed E-state index contributed by atoms with van der Waals surface area (Å²) in [5.41, 5.74) is 7.94. The molecule has 1 rings (SSSR count). The molecule has 0 spiro atoms. The Hall–Kier alpha value is -1.22. The Morgan fingerprint density at radius 1 is 1.25 bits per heavy atom. The molecule has 66 valence electrons. The summed E-state index contributed by atoms with van der Waals surface area (Å²) >= 11 is 0. The zero-order chi connectivity index (χ0) is 9.30. The van der Waals surface area contributed by atoms with Crippen LogP contribution in [0, 0.1) is 13.8 Å². The highest BCUT2D eigenvalue weighted by atomic mass is 16.3. The van der Waals surface area contributed by atoms with Crippen LogP contribution in [0.15, 0.2) is 6.07 Å². The molecular formula is C9H13NO2. The predicted molar refractivity (Wildman–Crippen MR) is 47.1 cm³/mol. The number of benzene rings is 1. The Kier molecular flexibility index (Phi) is 2.24. The quantitative estimate of drug-likeness (QED) is 0.550. The number of rotatable bonds is 1.